The van der Waals surface area contributed by atoms with E-state index in [1.807, 2.05) is 20.8 Å². The van der Waals surface area contributed by atoms with Gasteiger partial charge in [0.25, 0.3) is 0 Å². The van der Waals surface area contributed by atoms with Crippen LogP contribution in [0.4, 0.5) is 4.79 Å². The lowest BCUT2D eigenvalue weighted by Gasteiger charge is -2.37. The predicted octanol–water partition coefficient (Wildman–Crippen LogP) is 3.30. The summed E-state index contributed by atoms with van der Waals surface area (Å²) in [7, 11) is 0. The molecule has 0 radical (unpaired) electrons. The monoisotopic (exact) mass is 311 g/mol. The van der Waals surface area contributed by atoms with Crippen LogP contribution in [0, 0.1) is 5.92 Å². The third-order valence-electron chi connectivity index (χ3n) is 3.73. The standard InChI is InChI=1S/C16H25NO3S/c1-16(2,3)20-15(19)17-8-6-14(18)13(10-17)5-4-12-7-9-21-11-12/h7,9,11,13-14,18H,4-6,8,10H2,1-3H3. The van der Waals surface area contributed by atoms with Crippen molar-refractivity contribution in [2.75, 3.05) is 13.1 Å². The molecule has 2 rings (SSSR count). The Morgan fingerprint density at radius 2 is 2.29 bits per heavy atom. The van der Waals surface area contributed by atoms with Crippen LogP contribution < -0.4 is 0 Å². The molecule has 0 saturated carbocycles. The van der Waals surface area contributed by atoms with E-state index < -0.39 is 5.60 Å². The fourth-order valence-electron chi connectivity index (χ4n) is 2.58. The highest BCUT2D eigenvalue weighted by Gasteiger charge is 2.32. The van der Waals surface area contributed by atoms with Crippen molar-refractivity contribution < 1.29 is 14.6 Å². The smallest absolute Gasteiger partial charge is 0.410 e. The number of ether oxygens (including phenoxy) is 1. The minimum Gasteiger partial charge on any atom is -0.444 e. The summed E-state index contributed by atoms with van der Waals surface area (Å²) in [5.41, 5.74) is 0.834. The summed E-state index contributed by atoms with van der Waals surface area (Å²) in [4.78, 5) is 13.9. The minimum absolute atomic E-state index is 0.131. The molecular formula is C16H25NO3S. The third-order valence-corrected chi connectivity index (χ3v) is 4.46. The maximum absolute atomic E-state index is 12.1. The molecule has 0 spiro atoms. The summed E-state index contributed by atoms with van der Waals surface area (Å²) in [6, 6.07) is 2.12. The molecule has 1 amide bonds. The third kappa shape index (κ3) is 5.00. The van der Waals surface area contributed by atoms with Gasteiger partial charge in [-0.05, 0) is 62.4 Å². The van der Waals surface area contributed by atoms with Crippen molar-refractivity contribution in [3.63, 3.8) is 0 Å². The van der Waals surface area contributed by atoms with Gasteiger partial charge < -0.3 is 14.7 Å². The van der Waals surface area contributed by atoms with Crippen molar-refractivity contribution in [3.8, 4) is 0 Å². The van der Waals surface area contributed by atoms with Crippen LogP contribution in [0.1, 0.15) is 39.2 Å². The summed E-state index contributed by atoms with van der Waals surface area (Å²) >= 11 is 1.69. The van der Waals surface area contributed by atoms with Gasteiger partial charge in [0.15, 0.2) is 0 Å². The van der Waals surface area contributed by atoms with Gasteiger partial charge in [0, 0.05) is 19.0 Å². The maximum Gasteiger partial charge on any atom is 0.410 e. The van der Waals surface area contributed by atoms with E-state index >= 15 is 0 Å². The van der Waals surface area contributed by atoms with E-state index in [0.29, 0.717) is 19.5 Å². The normalized spacial score (nSPS) is 23.1. The molecular weight excluding hydrogens is 286 g/mol. The second-order valence-corrected chi connectivity index (χ2v) is 7.49. The first-order valence-corrected chi connectivity index (χ1v) is 8.46. The zero-order valence-electron chi connectivity index (χ0n) is 13.0. The number of hydrogen-bond donors (Lipinski definition) is 1. The number of aliphatic hydroxyl groups excluding tert-OH is 1. The van der Waals surface area contributed by atoms with Gasteiger partial charge in [-0.2, -0.15) is 11.3 Å². The zero-order valence-corrected chi connectivity index (χ0v) is 13.9. The number of carbonyl (C=O) groups is 1. The molecule has 0 bridgehead atoms. The van der Waals surface area contributed by atoms with Gasteiger partial charge in [-0.3, -0.25) is 0 Å². The molecule has 1 aliphatic heterocycles. The lowest BCUT2D eigenvalue weighted by Crippen LogP contribution is -2.47. The van der Waals surface area contributed by atoms with Gasteiger partial charge >= 0.3 is 6.09 Å². The molecule has 2 heterocycles. The molecule has 1 N–H and O–H groups in total. The van der Waals surface area contributed by atoms with E-state index in [-0.39, 0.29) is 18.1 Å². The van der Waals surface area contributed by atoms with Crippen LogP contribution in [-0.4, -0.2) is 40.9 Å². The Morgan fingerprint density at radius 3 is 2.90 bits per heavy atom. The Bertz CT molecular complexity index is 453. The number of piperidine rings is 1. The minimum atomic E-state index is -0.473. The Balaban J connectivity index is 1.88. The van der Waals surface area contributed by atoms with Crippen molar-refractivity contribution in [2.45, 2.75) is 51.7 Å². The van der Waals surface area contributed by atoms with Crippen LogP contribution in [0.3, 0.4) is 0 Å². The van der Waals surface area contributed by atoms with Crippen LogP contribution in [0.5, 0.6) is 0 Å². The van der Waals surface area contributed by atoms with Gasteiger partial charge in [0.1, 0.15) is 5.60 Å². The molecule has 1 aliphatic rings. The maximum atomic E-state index is 12.1. The molecule has 1 saturated heterocycles. The molecule has 1 aromatic rings. The molecule has 4 nitrogen and oxygen atoms in total. The van der Waals surface area contributed by atoms with E-state index in [1.54, 1.807) is 16.2 Å². The molecule has 0 aliphatic carbocycles. The highest BCUT2D eigenvalue weighted by atomic mass is 32.1. The SMILES string of the molecule is CC(C)(C)OC(=O)N1CCC(O)C(CCc2ccsc2)C1. The summed E-state index contributed by atoms with van der Waals surface area (Å²) in [5.74, 6) is 0.131. The van der Waals surface area contributed by atoms with Crippen molar-refractivity contribution in [1.82, 2.24) is 4.90 Å². The molecule has 0 aromatic carbocycles. The highest BCUT2D eigenvalue weighted by Crippen LogP contribution is 2.24. The molecule has 1 fully saturated rings. The number of aliphatic hydroxyl groups is 1. The first-order chi connectivity index (χ1) is 9.85. The Hall–Kier alpha value is -1.07. The average Bonchev–Trinajstić information content (AvgIpc) is 2.88. The van der Waals surface area contributed by atoms with Gasteiger partial charge in [-0.1, -0.05) is 0 Å². The lowest BCUT2D eigenvalue weighted by molar-refractivity contribution is -0.00983. The van der Waals surface area contributed by atoms with Crippen molar-refractivity contribution in [2.24, 2.45) is 5.92 Å². The topological polar surface area (TPSA) is 49.8 Å². The van der Waals surface area contributed by atoms with Crippen molar-refractivity contribution in [1.29, 1.82) is 0 Å². The number of aryl methyl sites for hydroxylation is 1. The zero-order chi connectivity index (χ0) is 15.5. The van der Waals surface area contributed by atoms with Crippen LogP contribution in [0.15, 0.2) is 16.8 Å². The average molecular weight is 311 g/mol. The van der Waals surface area contributed by atoms with E-state index in [9.17, 15) is 9.90 Å². The van der Waals surface area contributed by atoms with E-state index in [0.717, 1.165) is 12.8 Å². The molecule has 2 unspecified atom stereocenters. The molecule has 21 heavy (non-hydrogen) atoms. The first kappa shape index (κ1) is 16.3. The van der Waals surface area contributed by atoms with Crippen LogP contribution in [0.2, 0.25) is 0 Å². The van der Waals surface area contributed by atoms with E-state index in [4.69, 9.17) is 4.74 Å². The fourth-order valence-corrected chi connectivity index (χ4v) is 3.29. The van der Waals surface area contributed by atoms with Crippen molar-refractivity contribution >= 4 is 17.4 Å². The Kier molecular flexibility index (Phi) is 5.27. The second kappa shape index (κ2) is 6.79. The molecule has 1 aromatic heterocycles. The summed E-state index contributed by atoms with van der Waals surface area (Å²) in [6.45, 7) is 6.78. The number of hydrogen-bond acceptors (Lipinski definition) is 4. The lowest BCUT2D eigenvalue weighted by atomic mass is 9.89. The fraction of sp³-hybridized carbons (Fsp3) is 0.688. The number of carbonyl (C=O) groups excluding carboxylic acids is 1. The highest BCUT2D eigenvalue weighted by molar-refractivity contribution is 7.07. The largest absolute Gasteiger partial charge is 0.444 e. The number of thiophene rings is 1. The van der Waals surface area contributed by atoms with Gasteiger partial charge in [-0.15, -0.1) is 0 Å². The molecule has 2 atom stereocenters. The van der Waals surface area contributed by atoms with E-state index in [1.165, 1.54) is 5.56 Å². The van der Waals surface area contributed by atoms with Gasteiger partial charge in [0.2, 0.25) is 0 Å². The summed E-state index contributed by atoms with van der Waals surface area (Å²) in [6.07, 6.45) is 1.90. The first-order valence-electron chi connectivity index (χ1n) is 7.52. The number of nitrogens with zero attached hydrogens (tertiary/aromatic N) is 1. The van der Waals surface area contributed by atoms with E-state index in [2.05, 4.69) is 16.8 Å². The molecule has 118 valence electrons. The quantitative estimate of drug-likeness (QED) is 0.932. The number of amides is 1. The van der Waals surface area contributed by atoms with Crippen LogP contribution in [-0.2, 0) is 11.2 Å². The van der Waals surface area contributed by atoms with Gasteiger partial charge in [-0.25, -0.2) is 4.79 Å². The number of rotatable bonds is 3. The molecule has 5 heteroatoms. The predicted molar refractivity (Wildman–Crippen MR) is 84.6 cm³/mol. The Morgan fingerprint density at radius 1 is 1.52 bits per heavy atom. The van der Waals surface area contributed by atoms with Gasteiger partial charge in [0.05, 0.1) is 6.10 Å². The Labute approximate surface area is 130 Å². The summed E-state index contributed by atoms with van der Waals surface area (Å²) in [5, 5.41) is 14.4. The van der Waals surface area contributed by atoms with Crippen molar-refractivity contribution in [3.05, 3.63) is 22.4 Å². The van der Waals surface area contributed by atoms with Crippen LogP contribution >= 0.6 is 11.3 Å². The number of likely N-dealkylation sites (tertiary alicyclic amines) is 1. The summed E-state index contributed by atoms with van der Waals surface area (Å²) < 4.78 is 5.42. The second-order valence-electron chi connectivity index (χ2n) is 6.71. The van der Waals surface area contributed by atoms with Crippen LogP contribution in [0.25, 0.3) is 0 Å².